The number of amides is 3. The van der Waals surface area contributed by atoms with E-state index in [9.17, 15) is 19.2 Å². The van der Waals surface area contributed by atoms with Gasteiger partial charge in [0.05, 0.1) is 6.04 Å². The number of nitrogens with one attached hydrogen (secondary N) is 2. The van der Waals surface area contributed by atoms with Crippen molar-refractivity contribution in [2.75, 3.05) is 13.1 Å². The van der Waals surface area contributed by atoms with Gasteiger partial charge in [0.1, 0.15) is 18.6 Å². The summed E-state index contributed by atoms with van der Waals surface area (Å²) in [6.07, 6.45) is 2.33. The second kappa shape index (κ2) is 11.0. The second-order valence-corrected chi connectivity index (χ2v) is 7.90. The van der Waals surface area contributed by atoms with Gasteiger partial charge in [-0.1, -0.05) is 34.1 Å². The molecule has 1 fully saturated rings. The highest BCUT2D eigenvalue weighted by molar-refractivity contribution is 5.94. The zero-order valence-electron chi connectivity index (χ0n) is 17.2. The van der Waals surface area contributed by atoms with E-state index in [1.165, 1.54) is 4.90 Å². The highest BCUT2D eigenvalue weighted by Crippen LogP contribution is 2.21. The second-order valence-electron chi connectivity index (χ2n) is 7.90. The smallest absolute Gasteiger partial charge is 0.322 e. The first kappa shape index (κ1) is 23.9. The zero-order valence-corrected chi connectivity index (χ0v) is 17.2. The van der Waals surface area contributed by atoms with E-state index < -0.39 is 42.5 Å². The molecule has 1 aliphatic heterocycles. The van der Waals surface area contributed by atoms with Crippen molar-refractivity contribution >= 4 is 23.7 Å². The molecule has 0 spiro atoms. The Hall–Kier alpha value is -2.16. The molecule has 1 aliphatic rings. The molecular weight excluding hydrogens is 364 g/mol. The van der Waals surface area contributed by atoms with Crippen LogP contribution in [0.15, 0.2) is 0 Å². The fraction of sp³-hybridized carbons (Fsp3) is 0.789. The molecule has 0 saturated carbocycles. The molecule has 3 amide bonds. The van der Waals surface area contributed by atoms with Gasteiger partial charge in [0, 0.05) is 6.54 Å². The highest BCUT2D eigenvalue weighted by atomic mass is 16.4. The summed E-state index contributed by atoms with van der Waals surface area (Å²) >= 11 is 0. The minimum atomic E-state index is -1.16. The van der Waals surface area contributed by atoms with Crippen molar-refractivity contribution in [3.05, 3.63) is 0 Å². The molecule has 4 atom stereocenters. The van der Waals surface area contributed by atoms with Gasteiger partial charge in [-0.2, -0.15) is 0 Å². The molecule has 5 N–H and O–H groups in total. The lowest BCUT2D eigenvalue weighted by molar-refractivity contribution is -0.141. The first-order valence-corrected chi connectivity index (χ1v) is 9.94. The van der Waals surface area contributed by atoms with E-state index in [-0.39, 0.29) is 17.7 Å². The van der Waals surface area contributed by atoms with Crippen LogP contribution in [-0.2, 0) is 19.2 Å². The molecule has 9 heteroatoms. The molecular formula is C19H34N4O5. The summed E-state index contributed by atoms with van der Waals surface area (Å²) in [6.45, 7) is 7.61. The molecule has 1 heterocycles. The van der Waals surface area contributed by atoms with E-state index in [1.54, 1.807) is 0 Å². The number of nitrogens with two attached hydrogens (primary N) is 1. The number of nitrogens with zero attached hydrogens (tertiary/aromatic N) is 1. The van der Waals surface area contributed by atoms with Crippen LogP contribution in [0, 0.1) is 11.8 Å². The molecule has 0 aromatic rings. The number of likely N-dealkylation sites (tertiary alicyclic amines) is 1. The van der Waals surface area contributed by atoms with Crippen LogP contribution in [0.1, 0.15) is 53.4 Å². The molecule has 9 nitrogen and oxygen atoms in total. The maximum Gasteiger partial charge on any atom is 0.322 e. The van der Waals surface area contributed by atoms with E-state index in [2.05, 4.69) is 10.6 Å². The molecule has 28 heavy (non-hydrogen) atoms. The third-order valence-corrected chi connectivity index (χ3v) is 5.13. The number of carboxylic acids is 1. The van der Waals surface area contributed by atoms with Gasteiger partial charge in [0.15, 0.2) is 0 Å². The Morgan fingerprint density at radius 2 is 1.86 bits per heavy atom. The van der Waals surface area contributed by atoms with Gasteiger partial charge in [-0.25, -0.2) is 0 Å². The van der Waals surface area contributed by atoms with Crippen LogP contribution < -0.4 is 16.4 Å². The maximum atomic E-state index is 12.8. The van der Waals surface area contributed by atoms with Gasteiger partial charge in [-0.05, 0) is 31.1 Å². The summed E-state index contributed by atoms with van der Waals surface area (Å²) < 4.78 is 0. The van der Waals surface area contributed by atoms with Crippen LogP contribution in [-0.4, -0.2) is 64.9 Å². The summed E-state index contributed by atoms with van der Waals surface area (Å²) in [4.78, 5) is 50.0. The van der Waals surface area contributed by atoms with Crippen molar-refractivity contribution in [3.63, 3.8) is 0 Å². The largest absolute Gasteiger partial charge is 0.480 e. The minimum Gasteiger partial charge on any atom is -0.480 e. The Kier molecular flexibility index (Phi) is 9.37. The topological polar surface area (TPSA) is 142 Å². The Labute approximate surface area is 166 Å². The fourth-order valence-electron chi connectivity index (χ4n) is 3.25. The van der Waals surface area contributed by atoms with Crippen molar-refractivity contribution in [2.24, 2.45) is 17.6 Å². The minimum absolute atomic E-state index is 0.00676. The molecule has 0 radical (unpaired) electrons. The van der Waals surface area contributed by atoms with Crippen LogP contribution in [0.5, 0.6) is 0 Å². The van der Waals surface area contributed by atoms with Crippen LogP contribution in [0.4, 0.5) is 0 Å². The summed E-state index contributed by atoms with van der Waals surface area (Å²) in [5.74, 6) is -2.24. The maximum absolute atomic E-state index is 12.8. The third kappa shape index (κ3) is 6.78. The van der Waals surface area contributed by atoms with Gasteiger partial charge < -0.3 is 26.4 Å². The number of carbonyl (C=O) groups is 4. The lowest BCUT2D eigenvalue weighted by atomic mass is 9.98. The third-order valence-electron chi connectivity index (χ3n) is 5.13. The molecule has 1 rings (SSSR count). The van der Waals surface area contributed by atoms with Crippen molar-refractivity contribution in [2.45, 2.75) is 71.5 Å². The molecule has 0 bridgehead atoms. The predicted octanol–water partition coefficient (Wildman–Crippen LogP) is 0.0825. The van der Waals surface area contributed by atoms with E-state index >= 15 is 0 Å². The SMILES string of the molecule is CCC(C)C(N)C(=O)N1CCCC1C(=O)NC(CC(C)C)C(=O)NCC(=O)O. The van der Waals surface area contributed by atoms with E-state index in [0.29, 0.717) is 25.8 Å². The number of hydrogen-bond donors (Lipinski definition) is 4. The Morgan fingerprint density at radius 3 is 2.39 bits per heavy atom. The Bertz CT molecular complexity index is 581. The predicted molar refractivity (Wildman–Crippen MR) is 104 cm³/mol. The molecule has 0 aromatic carbocycles. The number of aliphatic carboxylic acids is 1. The van der Waals surface area contributed by atoms with Crippen LogP contribution in [0.25, 0.3) is 0 Å². The molecule has 0 aromatic heterocycles. The van der Waals surface area contributed by atoms with Gasteiger partial charge in [0.25, 0.3) is 0 Å². The highest BCUT2D eigenvalue weighted by Gasteiger charge is 2.38. The molecule has 0 aliphatic carbocycles. The standard InChI is InChI=1S/C19H34N4O5/c1-5-12(4)16(20)19(28)23-8-6-7-14(23)18(27)22-13(9-11(2)3)17(26)21-10-15(24)25/h11-14,16H,5-10,20H2,1-4H3,(H,21,26)(H,22,27)(H,24,25). The van der Waals surface area contributed by atoms with E-state index in [1.807, 2.05) is 27.7 Å². The van der Waals surface area contributed by atoms with Crippen LogP contribution in [0.2, 0.25) is 0 Å². The number of carbonyl (C=O) groups excluding carboxylic acids is 3. The van der Waals surface area contributed by atoms with Crippen LogP contribution >= 0.6 is 0 Å². The van der Waals surface area contributed by atoms with Crippen molar-refractivity contribution < 1.29 is 24.3 Å². The Balaban J connectivity index is 2.83. The quantitative estimate of drug-likeness (QED) is 0.411. The summed E-state index contributed by atoms with van der Waals surface area (Å²) in [6, 6.07) is -2.18. The first-order valence-electron chi connectivity index (χ1n) is 9.94. The first-order chi connectivity index (χ1) is 13.1. The molecule has 4 unspecified atom stereocenters. The summed E-state index contributed by atoms with van der Waals surface area (Å²) in [7, 11) is 0. The van der Waals surface area contributed by atoms with Gasteiger partial charge in [-0.3, -0.25) is 19.2 Å². The van der Waals surface area contributed by atoms with Crippen molar-refractivity contribution in [1.82, 2.24) is 15.5 Å². The van der Waals surface area contributed by atoms with Crippen molar-refractivity contribution in [1.29, 1.82) is 0 Å². The van der Waals surface area contributed by atoms with Gasteiger partial charge in [-0.15, -0.1) is 0 Å². The van der Waals surface area contributed by atoms with Crippen LogP contribution in [0.3, 0.4) is 0 Å². The van der Waals surface area contributed by atoms with Crippen molar-refractivity contribution in [3.8, 4) is 0 Å². The number of carboxylic acid groups (broad SMARTS) is 1. The summed E-state index contributed by atoms with van der Waals surface area (Å²) in [5, 5.41) is 13.7. The Morgan fingerprint density at radius 1 is 1.21 bits per heavy atom. The normalized spacial score (nSPS) is 19.8. The zero-order chi connectivity index (χ0) is 21.4. The van der Waals surface area contributed by atoms with Gasteiger partial charge in [0.2, 0.25) is 17.7 Å². The van der Waals surface area contributed by atoms with E-state index in [0.717, 1.165) is 6.42 Å². The number of hydrogen-bond acceptors (Lipinski definition) is 5. The van der Waals surface area contributed by atoms with E-state index in [4.69, 9.17) is 10.8 Å². The molecule has 1 saturated heterocycles. The molecule has 160 valence electrons. The lowest BCUT2D eigenvalue weighted by Gasteiger charge is -2.30. The lowest BCUT2D eigenvalue weighted by Crippen LogP contribution is -2.56. The average Bonchev–Trinajstić information content (AvgIpc) is 3.12. The van der Waals surface area contributed by atoms with Gasteiger partial charge >= 0.3 is 5.97 Å². The monoisotopic (exact) mass is 398 g/mol. The average molecular weight is 399 g/mol. The summed E-state index contributed by atoms with van der Waals surface area (Å²) in [5.41, 5.74) is 6.05. The fourth-order valence-corrected chi connectivity index (χ4v) is 3.25. The number of rotatable bonds is 10.